The molecule has 0 radical (unpaired) electrons. The van der Waals surface area contributed by atoms with E-state index < -0.39 is 0 Å². The number of carbonyl (C=O) groups excluding carboxylic acids is 3. The van der Waals surface area contributed by atoms with Crippen LogP contribution in [0.3, 0.4) is 0 Å². The molecular weight excluding hydrogens is 426 g/mol. The van der Waals surface area contributed by atoms with Gasteiger partial charge in [-0.05, 0) is 47.2 Å². The third-order valence-electron chi connectivity index (χ3n) is 5.59. The molecule has 0 spiro atoms. The Bertz CT molecular complexity index is 1310. The summed E-state index contributed by atoms with van der Waals surface area (Å²) in [4.78, 5) is 41.7. The van der Waals surface area contributed by atoms with Crippen LogP contribution in [0.25, 0.3) is 10.8 Å². The van der Waals surface area contributed by atoms with Gasteiger partial charge in [0, 0.05) is 24.0 Å². The third-order valence-corrected chi connectivity index (χ3v) is 5.59. The van der Waals surface area contributed by atoms with Crippen LogP contribution in [0.2, 0.25) is 0 Å². The molecule has 0 heterocycles. The highest BCUT2D eigenvalue weighted by molar-refractivity contribution is 6.06. The molecule has 4 aromatic carbocycles. The van der Waals surface area contributed by atoms with E-state index in [0.717, 1.165) is 16.5 Å². The molecule has 0 aliphatic carbocycles. The molecule has 6 heteroatoms. The number of fused-ring (bicyclic) bond motifs is 1. The summed E-state index contributed by atoms with van der Waals surface area (Å²) in [6.45, 7) is -0.386. The summed E-state index contributed by atoms with van der Waals surface area (Å²) in [6.07, 6.45) is 0. The molecule has 4 aromatic rings. The van der Waals surface area contributed by atoms with Crippen molar-refractivity contribution in [1.29, 1.82) is 0 Å². The Morgan fingerprint density at radius 3 is 1.94 bits per heavy atom. The summed E-state index contributed by atoms with van der Waals surface area (Å²) >= 11 is 0. The number of likely N-dealkylation sites (N-methyl/N-ethyl adjacent to an activating group) is 1. The van der Waals surface area contributed by atoms with Gasteiger partial charge in [-0.1, -0.05) is 66.7 Å². The minimum absolute atomic E-state index is 0.153. The standard InChI is InChI=1S/C28H25N3O3/c1-30(24-12-4-2-5-13-24)27(33)20-31(25-14-6-3-7-15-25)26(32)19-29-28(34)23-17-16-21-10-8-9-11-22(21)18-23/h2-18H,19-20H2,1H3,(H,29,34). The average Bonchev–Trinajstić information content (AvgIpc) is 2.90. The Kier molecular flexibility index (Phi) is 6.98. The molecule has 6 nitrogen and oxygen atoms in total. The Hall–Kier alpha value is -4.45. The van der Waals surface area contributed by atoms with E-state index >= 15 is 0 Å². The second kappa shape index (κ2) is 10.4. The first-order valence-electron chi connectivity index (χ1n) is 11.0. The quantitative estimate of drug-likeness (QED) is 0.456. The summed E-state index contributed by atoms with van der Waals surface area (Å²) in [7, 11) is 1.67. The first kappa shape index (κ1) is 22.7. The normalized spacial score (nSPS) is 10.5. The van der Waals surface area contributed by atoms with Crippen molar-refractivity contribution in [2.45, 2.75) is 0 Å². The lowest BCUT2D eigenvalue weighted by Crippen LogP contribution is -2.46. The largest absolute Gasteiger partial charge is 0.343 e. The van der Waals surface area contributed by atoms with Crippen molar-refractivity contribution in [3.8, 4) is 0 Å². The molecule has 0 saturated heterocycles. The third kappa shape index (κ3) is 5.30. The smallest absolute Gasteiger partial charge is 0.251 e. The van der Waals surface area contributed by atoms with E-state index in [1.165, 1.54) is 9.80 Å². The molecule has 1 N–H and O–H groups in total. The first-order valence-corrected chi connectivity index (χ1v) is 11.0. The predicted octanol–water partition coefficient (Wildman–Crippen LogP) is 4.27. The lowest BCUT2D eigenvalue weighted by atomic mass is 10.1. The molecule has 0 aromatic heterocycles. The number of rotatable bonds is 7. The van der Waals surface area contributed by atoms with E-state index in [1.807, 2.05) is 66.7 Å². The van der Waals surface area contributed by atoms with Crippen molar-refractivity contribution in [2.75, 3.05) is 29.9 Å². The number of benzene rings is 4. The van der Waals surface area contributed by atoms with Crippen LogP contribution in [0.15, 0.2) is 103 Å². The number of nitrogens with zero attached hydrogens (tertiary/aromatic N) is 2. The Balaban J connectivity index is 1.47. The minimum Gasteiger partial charge on any atom is -0.343 e. The van der Waals surface area contributed by atoms with Gasteiger partial charge in [0.15, 0.2) is 0 Å². The number of anilines is 2. The molecule has 0 fully saturated rings. The lowest BCUT2D eigenvalue weighted by Gasteiger charge is -2.25. The number of para-hydroxylation sites is 2. The van der Waals surface area contributed by atoms with Crippen LogP contribution in [0, 0.1) is 0 Å². The second-order valence-electron chi connectivity index (χ2n) is 7.85. The first-order chi connectivity index (χ1) is 16.5. The van der Waals surface area contributed by atoms with Crippen molar-refractivity contribution in [1.82, 2.24) is 5.32 Å². The van der Waals surface area contributed by atoms with Gasteiger partial charge in [-0.3, -0.25) is 14.4 Å². The molecule has 0 aliphatic heterocycles. The maximum absolute atomic E-state index is 13.1. The summed E-state index contributed by atoms with van der Waals surface area (Å²) in [5.74, 6) is -0.973. The zero-order chi connectivity index (χ0) is 23.9. The van der Waals surface area contributed by atoms with Crippen molar-refractivity contribution >= 4 is 39.9 Å². The molecule has 0 bridgehead atoms. The van der Waals surface area contributed by atoms with Crippen LogP contribution in [0.4, 0.5) is 11.4 Å². The molecule has 0 atom stereocenters. The van der Waals surface area contributed by atoms with Crippen LogP contribution < -0.4 is 15.1 Å². The highest BCUT2D eigenvalue weighted by atomic mass is 16.2. The number of hydrogen-bond donors (Lipinski definition) is 1. The molecule has 3 amide bonds. The second-order valence-corrected chi connectivity index (χ2v) is 7.85. The van der Waals surface area contributed by atoms with Gasteiger partial charge in [0.1, 0.15) is 6.54 Å². The van der Waals surface area contributed by atoms with E-state index in [2.05, 4.69) is 5.32 Å². The molecule has 0 aliphatic rings. The topological polar surface area (TPSA) is 69.7 Å². The van der Waals surface area contributed by atoms with Crippen LogP contribution in [0.1, 0.15) is 10.4 Å². The lowest BCUT2D eigenvalue weighted by molar-refractivity contribution is -0.121. The Morgan fingerprint density at radius 2 is 1.26 bits per heavy atom. The van der Waals surface area contributed by atoms with E-state index in [9.17, 15) is 14.4 Å². The van der Waals surface area contributed by atoms with E-state index in [-0.39, 0.29) is 30.8 Å². The average molecular weight is 452 g/mol. The van der Waals surface area contributed by atoms with Crippen molar-refractivity contribution in [2.24, 2.45) is 0 Å². The molecule has 0 unspecified atom stereocenters. The zero-order valence-corrected chi connectivity index (χ0v) is 18.8. The van der Waals surface area contributed by atoms with Gasteiger partial charge in [0.25, 0.3) is 5.91 Å². The fraction of sp³-hybridized carbons (Fsp3) is 0.107. The maximum Gasteiger partial charge on any atom is 0.251 e. The SMILES string of the molecule is CN(C(=O)CN(C(=O)CNC(=O)c1ccc2ccccc2c1)c1ccccc1)c1ccccc1. The van der Waals surface area contributed by atoms with Gasteiger partial charge < -0.3 is 15.1 Å². The number of amides is 3. The summed E-state index contributed by atoms with van der Waals surface area (Å²) in [5.41, 5.74) is 1.79. The molecular formula is C28H25N3O3. The van der Waals surface area contributed by atoms with Crippen LogP contribution in [-0.2, 0) is 9.59 Å². The van der Waals surface area contributed by atoms with Gasteiger partial charge >= 0.3 is 0 Å². The summed E-state index contributed by atoms with van der Waals surface area (Å²) in [5, 5.41) is 4.67. The molecule has 170 valence electrons. The monoisotopic (exact) mass is 451 g/mol. The van der Waals surface area contributed by atoms with Crippen molar-refractivity contribution in [3.05, 3.63) is 109 Å². The summed E-state index contributed by atoms with van der Waals surface area (Å²) in [6, 6.07) is 31.4. The van der Waals surface area contributed by atoms with Crippen molar-refractivity contribution in [3.63, 3.8) is 0 Å². The zero-order valence-electron chi connectivity index (χ0n) is 18.8. The van der Waals surface area contributed by atoms with E-state index in [0.29, 0.717) is 11.3 Å². The molecule has 4 rings (SSSR count). The predicted molar refractivity (Wildman–Crippen MR) is 135 cm³/mol. The van der Waals surface area contributed by atoms with Crippen LogP contribution >= 0.6 is 0 Å². The Morgan fingerprint density at radius 1 is 0.676 bits per heavy atom. The number of nitrogens with one attached hydrogen (secondary N) is 1. The van der Waals surface area contributed by atoms with Gasteiger partial charge in [0.2, 0.25) is 11.8 Å². The van der Waals surface area contributed by atoms with Crippen molar-refractivity contribution < 1.29 is 14.4 Å². The van der Waals surface area contributed by atoms with Gasteiger partial charge in [0.05, 0.1) is 6.54 Å². The van der Waals surface area contributed by atoms with Gasteiger partial charge in [-0.2, -0.15) is 0 Å². The summed E-state index contributed by atoms with van der Waals surface area (Å²) < 4.78 is 0. The fourth-order valence-corrected chi connectivity index (χ4v) is 3.65. The van der Waals surface area contributed by atoms with Gasteiger partial charge in [-0.15, -0.1) is 0 Å². The highest BCUT2D eigenvalue weighted by Gasteiger charge is 2.22. The van der Waals surface area contributed by atoms with E-state index in [1.54, 1.807) is 43.4 Å². The molecule has 0 saturated carbocycles. The van der Waals surface area contributed by atoms with E-state index in [4.69, 9.17) is 0 Å². The maximum atomic E-state index is 13.1. The molecule has 34 heavy (non-hydrogen) atoms. The Labute approximate surface area is 198 Å². The highest BCUT2D eigenvalue weighted by Crippen LogP contribution is 2.17. The fourth-order valence-electron chi connectivity index (χ4n) is 3.65. The van der Waals surface area contributed by atoms with Crippen LogP contribution in [-0.4, -0.2) is 37.9 Å². The number of hydrogen-bond acceptors (Lipinski definition) is 3. The van der Waals surface area contributed by atoms with Gasteiger partial charge in [-0.25, -0.2) is 0 Å². The number of carbonyl (C=O) groups is 3. The van der Waals surface area contributed by atoms with Crippen LogP contribution in [0.5, 0.6) is 0 Å². The minimum atomic E-state index is -0.379.